The molecule has 1 aliphatic heterocycles. The van der Waals surface area contributed by atoms with E-state index in [2.05, 4.69) is 0 Å². The third kappa shape index (κ3) is 5.27. The van der Waals surface area contributed by atoms with Crippen molar-refractivity contribution in [1.29, 1.82) is 0 Å². The van der Waals surface area contributed by atoms with Crippen LogP contribution in [-0.4, -0.2) is 36.0 Å². The molecular formula is C22H25NO3. The smallest absolute Gasteiger partial charge is 0.331 e. The Labute approximate surface area is 154 Å². The molecule has 3 rings (SSSR count). The molecule has 1 fully saturated rings. The first kappa shape index (κ1) is 18.3. The summed E-state index contributed by atoms with van der Waals surface area (Å²) in [5.41, 5.74) is 2.20. The van der Waals surface area contributed by atoms with Gasteiger partial charge in [-0.1, -0.05) is 60.7 Å². The highest BCUT2D eigenvalue weighted by Crippen LogP contribution is 2.22. The summed E-state index contributed by atoms with van der Waals surface area (Å²) in [7, 11) is 0. The van der Waals surface area contributed by atoms with Gasteiger partial charge >= 0.3 is 5.97 Å². The van der Waals surface area contributed by atoms with Crippen LogP contribution in [0.5, 0.6) is 0 Å². The number of hydrogen-bond acceptors (Lipinski definition) is 4. The fourth-order valence-corrected chi connectivity index (χ4v) is 2.69. The number of epoxide rings is 1. The van der Waals surface area contributed by atoms with Gasteiger partial charge in [0.15, 0.2) is 6.04 Å². The van der Waals surface area contributed by atoms with Gasteiger partial charge in [-0.3, -0.25) is 4.99 Å². The van der Waals surface area contributed by atoms with E-state index in [0.717, 1.165) is 16.8 Å². The lowest BCUT2D eigenvalue weighted by atomic mass is 10.0. The van der Waals surface area contributed by atoms with Gasteiger partial charge in [-0.15, -0.1) is 0 Å². The number of esters is 1. The van der Waals surface area contributed by atoms with Crippen LogP contribution >= 0.6 is 0 Å². The van der Waals surface area contributed by atoms with Crippen molar-refractivity contribution in [3.63, 3.8) is 0 Å². The van der Waals surface area contributed by atoms with Crippen molar-refractivity contribution < 1.29 is 14.3 Å². The van der Waals surface area contributed by atoms with E-state index >= 15 is 0 Å². The molecular weight excluding hydrogens is 326 g/mol. The topological polar surface area (TPSA) is 51.2 Å². The van der Waals surface area contributed by atoms with Crippen molar-refractivity contribution in [3.8, 4) is 0 Å². The fourth-order valence-electron chi connectivity index (χ4n) is 2.69. The Balaban J connectivity index is 1.98. The molecule has 0 bridgehead atoms. The zero-order chi connectivity index (χ0) is 18.6. The van der Waals surface area contributed by atoms with Gasteiger partial charge in [0.25, 0.3) is 0 Å². The van der Waals surface area contributed by atoms with Gasteiger partial charge in [0.2, 0.25) is 0 Å². The van der Waals surface area contributed by atoms with Crippen molar-refractivity contribution in [2.24, 2.45) is 4.99 Å². The quantitative estimate of drug-likeness (QED) is 0.449. The summed E-state index contributed by atoms with van der Waals surface area (Å²) in [4.78, 5) is 17.6. The van der Waals surface area contributed by atoms with E-state index in [4.69, 9.17) is 14.5 Å². The van der Waals surface area contributed by atoms with Gasteiger partial charge in [-0.05, 0) is 20.8 Å². The maximum atomic E-state index is 12.7. The van der Waals surface area contributed by atoms with Gasteiger partial charge in [0, 0.05) is 17.5 Å². The van der Waals surface area contributed by atoms with E-state index in [-0.39, 0.29) is 12.1 Å². The van der Waals surface area contributed by atoms with Crippen molar-refractivity contribution in [1.82, 2.24) is 0 Å². The molecule has 26 heavy (non-hydrogen) atoms. The summed E-state index contributed by atoms with van der Waals surface area (Å²) in [5, 5.41) is 0. The monoisotopic (exact) mass is 351 g/mol. The molecule has 136 valence electrons. The molecule has 2 aromatic carbocycles. The molecule has 0 spiro atoms. The number of nitrogens with zero attached hydrogens (tertiary/aromatic N) is 1. The predicted molar refractivity (Wildman–Crippen MR) is 103 cm³/mol. The second-order valence-electron chi connectivity index (χ2n) is 7.45. The van der Waals surface area contributed by atoms with Gasteiger partial charge in [-0.25, -0.2) is 4.79 Å². The van der Waals surface area contributed by atoms with Gasteiger partial charge < -0.3 is 9.47 Å². The molecule has 1 saturated heterocycles. The van der Waals surface area contributed by atoms with E-state index < -0.39 is 11.6 Å². The van der Waals surface area contributed by atoms with Crippen LogP contribution in [-0.2, 0) is 14.3 Å². The Bertz CT molecular complexity index is 717. The summed E-state index contributed by atoms with van der Waals surface area (Å²) < 4.78 is 10.9. The summed E-state index contributed by atoms with van der Waals surface area (Å²) >= 11 is 0. The Morgan fingerprint density at radius 2 is 1.58 bits per heavy atom. The van der Waals surface area contributed by atoms with Gasteiger partial charge in [0.1, 0.15) is 5.60 Å². The Morgan fingerprint density at radius 1 is 1.08 bits per heavy atom. The number of ether oxygens (including phenoxy) is 2. The van der Waals surface area contributed by atoms with E-state index in [1.165, 1.54) is 0 Å². The Hall–Kier alpha value is -2.46. The molecule has 1 heterocycles. The van der Waals surface area contributed by atoms with E-state index in [9.17, 15) is 4.79 Å². The lowest BCUT2D eigenvalue weighted by Crippen LogP contribution is -2.32. The Kier molecular flexibility index (Phi) is 5.52. The van der Waals surface area contributed by atoms with E-state index in [0.29, 0.717) is 13.0 Å². The second-order valence-corrected chi connectivity index (χ2v) is 7.45. The predicted octanol–water partition coefficient (Wildman–Crippen LogP) is 4.02. The average molecular weight is 351 g/mol. The zero-order valence-electron chi connectivity index (χ0n) is 15.5. The summed E-state index contributed by atoms with van der Waals surface area (Å²) in [6.45, 7) is 6.29. The summed E-state index contributed by atoms with van der Waals surface area (Å²) in [5.74, 6) is -0.308. The van der Waals surface area contributed by atoms with Crippen LogP contribution in [0.3, 0.4) is 0 Å². The first-order valence-electron chi connectivity index (χ1n) is 8.95. The number of hydrogen-bond donors (Lipinski definition) is 0. The molecule has 4 heteroatoms. The first-order valence-corrected chi connectivity index (χ1v) is 8.95. The zero-order valence-corrected chi connectivity index (χ0v) is 15.5. The van der Waals surface area contributed by atoms with Crippen LogP contribution < -0.4 is 0 Å². The second kappa shape index (κ2) is 7.83. The van der Waals surface area contributed by atoms with Gasteiger partial charge in [-0.2, -0.15) is 0 Å². The largest absolute Gasteiger partial charge is 0.458 e. The molecule has 0 N–H and O–H groups in total. The van der Waals surface area contributed by atoms with Crippen molar-refractivity contribution in [2.75, 3.05) is 6.61 Å². The SMILES string of the molecule is CC(C)(C)OC(=O)[C@@H](C[C@H]1CO1)N=C(c1ccccc1)c1ccccc1. The number of benzene rings is 2. The van der Waals surface area contributed by atoms with Crippen molar-refractivity contribution in [3.05, 3.63) is 71.8 Å². The number of aliphatic imine (C=N–C) groups is 1. The molecule has 0 aliphatic carbocycles. The molecule has 0 amide bonds. The minimum Gasteiger partial charge on any atom is -0.458 e. The molecule has 0 radical (unpaired) electrons. The molecule has 0 saturated carbocycles. The van der Waals surface area contributed by atoms with Crippen LogP contribution in [0.25, 0.3) is 0 Å². The van der Waals surface area contributed by atoms with Crippen molar-refractivity contribution in [2.45, 2.75) is 44.9 Å². The number of carbonyl (C=O) groups is 1. The summed E-state index contributed by atoms with van der Waals surface area (Å²) in [6.07, 6.45) is 0.627. The van der Waals surface area contributed by atoms with Crippen LogP contribution in [0.2, 0.25) is 0 Å². The third-order valence-corrected chi connectivity index (χ3v) is 3.95. The number of carbonyl (C=O) groups excluding carboxylic acids is 1. The molecule has 1 aliphatic rings. The average Bonchev–Trinajstić information content (AvgIpc) is 3.42. The van der Waals surface area contributed by atoms with Crippen LogP contribution in [0.15, 0.2) is 65.7 Å². The Morgan fingerprint density at radius 3 is 2.00 bits per heavy atom. The molecule has 4 nitrogen and oxygen atoms in total. The first-order chi connectivity index (χ1) is 12.4. The lowest BCUT2D eigenvalue weighted by molar-refractivity contribution is -0.156. The van der Waals surface area contributed by atoms with Crippen LogP contribution in [0, 0.1) is 0 Å². The summed E-state index contributed by atoms with van der Waals surface area (Å²) in [6, 6.07) is 19.3. The maximum absolute atomic E-state index is 12.7. The molecule has 0 aromatic heterocycles. The highest BCUT2D eigenvalue weighted by Gasteiger charge is 2.33. The highest BCUT2D eigenvalue weighted by molar-refractivity contribution is 6.13. The normalized spacial score (nSPS) is 17.3. The van der Waals surface area contributed by atoms with Crippen molar-refractivity contribution >= 4 is 11.7 Å². The fraction of sp³-hybridized carbons (Fsp3) is 0.364. The lowest BCUT2D eigenvalue weighted by Gasteiger charge is -2.23. The van der Waals surface area contributed by atoms with Crippen LogP contribution in [0.1, 0.15) is 38.3 Å². The third-order valence-electron chi connectivity index (χ3n) is 3.95. The maximum Gasteiger partial charge on any atom is 0.331 e. The highest BCUT2D eigenvalue weighted by atomic mass is 16.6. The van der Waals surface area contributed by atoms with E-state index in [1.807, 2.05) is 81.4 Å². The van der Waals surface area contributed by atoms with Crippen LogP contribution in [0.4, 0.5) is 0 Å². The molecule has 2 aromatic rings. The minimum atomic E-state index is -0.586. The van der Waals surface area contributed by atoms with E-state index in [1.54, 1.807) is 0 Å². The van der Waals surface area contributed by atoms with Gasteiger partial charge in [0.05, 0.1) is 18.4 Å². The number of rotatable bonds is 6. The molecule has 2 atom stereocenters. The molecule has 0 unspecified atom stereocenters. The standard InChI is InChI=1S/C22H25NO3/c1-22(2,3)26-21(24)19(14-18-15-25-18)23-20(16-10-6-4-7-11-16)17-12-8-5-9-13-17/h4-13,18-19H,14-15H2,1-3H3/t18-,19+/m0/s1. The minimum absolute atomic E-state index is 0.0871.